The van der Waals surface area contributed by atoms with Crippen LogP contribution in [-0.2, 0) is 0 Å². The molecule has 1 aromatic rings. The molecule has 0 saturated carbocycles. The summed E-state index contributed by atoms with van der Waals surface area (Å²) in [6.07, 6.45) is 2.70. The molecule has 1 rings (SSSR count). The summed E-state index contributed by atoms with van der Waals surface area (Å²) in [4.78, 5) is 24.6. The van der Waals surface area contributed by atoms with E-state index in [1.165, 1.54) is 12.1 Å². The van der Waals surface area contributed by atoms with Gasteiger partial charge in [0.05, 0.1) is 0 Å². The number of hydrogen-bond donors (Lipinski definition) is 0. The van der Waals surface area contributed by atoms with Crippen LogP contribution in [0.15, 0.2) is 24.8 Å². The molecule has 0 bridgehead atoms. The van der Waals surface area contributed by atoms with Crippen LogP contribution in [0.1, 0.15) is 21.0 Å². The largest absolute Gasteiger partial charge is 0.489 e. The monoisotopic (exact) mass is 191 g/mol. The molecule has 0 aliphatic rings. The second-order valence-electron chi connectivity index (χ2n) is 2.49. The highest BCUT2D eigenvalue weighted by atomic mass is 16.5. The Balaban J connectivity index is 2.97. The summed E-state index contributed by atoms with van der Waals surface area (Å²) >= 11 is 0. The summed E-state index contributed by atoms with van der Waals surface area (Å²) in [6, 6.07) is 2.92. The van der Waals surface area contributed by atoms with Crippen molar-refractivity contribution in [3.8, 4) is 5.75 Å². The molecule has 0 saturated heterocycles. The lowest BCUT2D eigenvalue weighted by Gasteiger charge is -2.03. The van der Waals surface area contributed by atoms with Gasteiger partial charge in [0, 0.05) is 12.1 Å². The molecule has 0 amide bonds. The maximum Gasteiger partial charge on any atom is 0.168 e. The molecule has 0 aliphatic heterocycles. The van der Waals surface area contributed by atoms with Crippen LogP contribution in [0.25, 0.3) is 0 Å². The van der Waals surface area contributed by atoms with E-state index in [-0.39, 0.29) is 11.4 Å². The van der Waals surface area contributed by atoms with E-state index >= 15 is 0 Å². The minimum atomic E-state index is 0.175. The van der Waals surface area contributed by atoms with Gasteiger partial charge < -0.3 is 4.74 Å². The number of nitrogens with zero attached hydrogens (tertiary/aromatic N) is 1. The van der Waals surface area contributed by atoms with Gasteiger partial charge in [0.25, 0.3) is 0 Å². The Kier molecular flexibility index (Phi) is 3.55. The molecule has 72 valence electrons. The van der Waals surface area contributed by atoms with Gasteiger partial charge in [-0.3, -0.25) is 9.59 Å². The second-order valence-corrected chi connectivity index (χ2v) is 2.49. The Hall–Kier alpha value is -1.97. The van der Waals surface area contributed by atoms with E-state index in [0.717, 1.165) is 0 Å². The van der Waals surface area contributed by atoms with Crippen LogP contribution >= 0.6 is 0 Å². The summed E-state index contributed by atoms with van der Waals surface area (Å²) in [6.45, 7) is 3.80. The number of carbonyl (C=O) groups is 2. The summed E-state index contributed by atoms with van der Waals surface area (Å²) in [5.41, 5.74) is 0.349. The molecular weight excluding hydrogens is 182 g/mol. The molecule has 0 aromatic carbocycles. The lowest BCUT2D eigenvalue weighted by atomic mass is 10.3. The molecule has 0 atom stereocenters. The van der Waals surface area contributed by atoms with Gasteiger partial charge in [-0.25, -0.2) is 4.98 Å². The smallest absolute Gasteiger partial charge is 0.168 e. The lowest BCUT2D eigenvalue weighted by Crippen LogP contribution is -1.98. The summed E-state index contributed by atoms with van der Waals surface area (Å²) in [7, 11) is 0. The maximum absolute atomic E-state index is 10.4. The van der Waals surface area contributed by atoms with Gasteiger partial charge in [-0.1, -0.05) is 12.7 Å². The molecule has 1 aromatic heterocycles. The number of aldehydes is 2. The van der Waals surface area contributed by atoms with Crippen molar-refractivity contribution in [2.45, 2.75) is 0 Å². The average molecular weight is 191 g/mol. The third-order valence-electron chi connectivity index (χ3n) is 1.45. The molecule has 4 nitrogen and oxygen atoms in total. The van der Waals surface area contributed by atoms with Crippen molar-refractivity contribution in [3.05, 3.63) is 36.2 Å². The van der Waals surface area contributed by atoms with E-state index in [9.17, 15) is 9.59 Å². The first-order valence-electron chi connectivity index (χ1n) is 3.96. The highest BCUT2D eigenvalue weighted by Gasteiger charge is 2.01. The Morgan fingerprint density at radius 1 is 1.29 bits per heavy atom. The SMILES string of the molecule is C=CCOc1cc(C=O)nc(C=O)c1. The molecular formula is C10H9NO3. The number of pyridine rings is 1. The van der Waals surface area contributed by atoms with Gasteiger partial charge in [-0.15, -0.1) is 0 Å². The zero-order valence-corrected chi connectivity index (χ0v) is 7.47. The van der Waals surface area contributed by atoms with Crippen LogP contribution in [0, 0.1) is 0 Å². The predicted octanol–water partition coefficient (Wildman–Crippen LogP) is 1.27. The van der Waals surface area contributed by atoms with Gasteiger partial charge in [0.15, 0.2) is 12.6 Å². The maximum atomic E-state index is 10.4. The van der Waals surface area contributed by atoms with E-state index < -0.39 is 0 Å². The fourth-order valence-corrected chi connectivity index (χ4v) is 0.906. The van der Waals surface area contributed by atoms with Gasteiger partial charge >= 0.3 is 0 Å². The molecule has 14 heavy (non-hydrogen) atoms. The van der Waals surface area contributed by atoms with E-state index in [0.29, 0.717) is 24.9 Å². The molecule has 0 radical (unpaired) electrons. The summed E-state index contributed by atoms with van der Waals surface area (Å²) in [5, 5.41) is 0. The number of ether oxygens (including phenoxy) is 1. The van der Waals surface area contributed by atoms with Crippen molar-refractivity contribution >= 4 is 12.6 Å². The third kappa shape index (κ3) is 2.52. The van der Waals surface area contributed by atoms with Crippen LogP contribution < -0.4 is 4.74 Å². The summed E-state index contributed by atoms with van der Waals surface area (Å²) < 4.78 is 5.16. The normalized spacial score (nSPS) is 9.14. The van der Waals surface area contributed by atoms with Gasteiger partial charge in [0.2, 0.25) is 0 Å². The summed E-state index contributed by atoms with van der Waals surface area (Å²) in [5.74, 6) is 0.434. The molecule has 0 aliphatic carbocycles. The highest BCUT2D eigenvalue weighted by molar-refractivity contribution is 5.78. The number of aromatic nitrogens is 1. The Labute approximate surface area is 81.2 Å². The van der Waals surface area contributed by atoms with Crippen LogP contribution in [-0.4, -0.2) is 24.2 Å². The van der Waals surface area contributed by atoms with Gasteiger partial charge in [-0.05, 0) is 0 Å². The van der Waals surface area contributed by atoms with Crippen molar-refractivity contribution in [2.24, 2.45) is 0 Å². The molecule has 1 heterocycles. The number of carbonyl (C=O) groups excluding carboxylic acids is 2. The Bertz CT molecular complexity index is 334. The van der Waals surface area contributed by atoms with Crippen LogP contribution in [0.4, 0.5) is 0 Å². The zero-order valence-electron chi connectivity index (χ0n) is 7.47. The topological polar surface area (TPSA) is 56.3 Å². The van der Waals surface area contributed by atoms with Crippen molar-refractivity contribution in [2.75, 3.05) is 6.61 Å². The van der Waals surface area contributed by atoms with E-state index in [2.05, 4.69) is 11.6 Å². The minimum Gasteiger partial charge on any atom is -0.489 e. The van der Waals surface area contributed by atoms with Crippen LogP contribution in [0.5, 0.6) is 5.75 Å². The molecule has 4 heteroatoms. The molecule has 0 N–H and O–H groups in total. The first-order chi connectivity index (χ1) is 6.80. The van der Waals surface area contributed by atoms with Gasteiger partial charge in [-0.2, -0.15) is 0 Å². The van der Waals surface area contributed by atoms with Crippen molar-refractivity contribution < 1.29 is 14.3 Å². The van der Waals surface area contributed by atoms with Crippen molar-refractivity contribution in [1.29, 1.82) is 0 Å². The van der Waals surface area contributed by atoms with E-state index in [1.807, 2.05) is 0 Å². The number of rotatable bonds is 5. The third-order valence-corrected chi connectivity index (χ3v) is 1.45. The predicted molar refractivity (Wildman–Crippen MR) is 50.7 cm³/mol. The van der Waals surface area contributed by atoms with Crippen molar-refractivity contribution in [1.82, 2.24) is 4.98 Å². The molecule has 0 spiro atoms. The first-order valence-corrected chi connectivity index (χ1v) is 3.96. The van der Waals surface area contributed by atoms with E-state index in [4.69, 9.17) is 4.74 Å². The average Bonchev–Trinajstić information content (AvgIpc) is 2.25. The van der Waals surface area contributed by atoms with Crippen LogP contribution in [0.3, 0.4) is 0 Å². The van der Waals surface area contributed by atoms with E-state index in [1.54, 1.807) is 6.08 Å². The fraction of sp³-hybridized carbons (Fsp3) is 0.100. The Morgan fingerprint density at radius 2 is 1.86 bits per heavy atom. The molecule has 0 fully saturated rings. The van der Waals surface area contributed by atoms with Gasteiger partial charge in [0.1, 0.15) is 23.7 Å². The minimum absolute atomic E-state index is 0.175. The second kappa shape index (κ2) is 4.91. The Morgan fingerprint density at radius 3 is 2.29 bits per heavy atom. The zero-order chi connectivity index (χ0) is 10.4. The lowest BCUT2D eigenvalue weighted by molar-refractivity contribution is 0.111. The van der Waals surface area contributed by atoms with Crippen molar-refractivity contribution in [3.63, 3.8) is 0 Å². The first kappa shape index (κ1) is 10.1. The van der Waals surface area contributed by atoms with Crippen LogP contribution in [0.2, 0.25) is 0 Å². The fourth-order valence-electron chi connectivity index (χ4n) is 0.906. The number of hydrogen-bond acceptors (Lipinski definition) is 4. The quantitative estimate of drug-likeness (QED) is 0.519. The highest BCUT2D eigenvalue weighted by Crippen LogP contribution is 2.12. The standard InChI is InChI=1S/C10H9NO3/c1-2-3-14-10-4-8(6-12)11-9(5-10)7-13/h2,4-7H,1,3H2. The molecule has 0 unspecified atom stereocenters.